The van der Waals surface area contributed by atoms with Gasteiger partial charge < -0.3 is 5.32 Å². The van der Waals surface area contributed by atoms with Crippen molar-refractivity contribution in [1.82, 2.24) is 9.97 Å². The molecule has 20 heavy (non-hydrogen) atoms. The third kappa shape index (κ3) is 3.65. The molecule has 0 radical (unpaired) electrons. The van der Waals surface area contributed by atoms with E-state index in [1.54, 1.807) is 6.07 Å². The summed E-state index contributed by atoms with van der Waals surface area (Å²) in [7, 11) is 0. The van der Waals surface area contributed by atoms with Crippen LogP contribution in [0, 0.1) is 0 Å². The molecule has 0 spiro atoms. The monoisotopic (exact) mass is 341 g/mol. The summed E-state index contributed by atoms with van der Waals surface area (Å²) in [6, 6.07) is 5.22. The van der Waals surface area contributed by atoms with E-state index in [4.69, 9.17) is 34.8 Å². The second kappa shape index (κ2) is 5.63. The van der Waals surface area contributed by atoms with Crippen molar-refractivity contribution >= 4 is 46.3 Å². The van der Waals surface area contributed by atoms with Crippen LogP contribution in [0.1, 0.15) is 5.69 Å². The van der Waals surface area contributed by atoms with Gasteiger partial charge in [-0.2, -0.15) is 13.2 Å². The van der Waals surface area contributed by atoms with Gasteiger partial charge in [0.15, 0.2) is 5.69 Å². The molecule has 0 unspecified atom stereocenters. The van der Waals surface area contributed by atoms with Crippen LogP contribution < -0.4 is 5.32 Å². The number of alkyl halides is 3. The maximum atomic E-state index is 12.6. The van der Waals surface area contributed by atoms with Crippen molar-refractivity contribution in [2.24, 2.45) is 0 Å². The Hall–Kier alpha value is -1.24. The molecular formula is C11H5Cl3F3N3. The third-order valence-corrected chi connectivity index (χ3v) is 2.91. The van der Waals surface area contributed by atoms with Gasteiger partial charge in [0.1, 0.15) is 5.82 Å². The maximum absolute atomic E-state index is 12.6. The van der Waals surface area contributed by atoms with Crippen molar-refractivity contribution < 1.29 is 13.2 Å². The predicted octanol–water partition coefficient (Wildman–Crippen LogP) is 5.20. The summed E-state index contributed by atoms with van der Waals surface area (Å²) in [5.74, 6) is -0.138. The fourth-order valence-electron chi connectivity index (χ4n) is 1.36. The van der Waals surface area contributed by atoms with Gasteiger partial charge in [-0.05, 0) is 29.8 Å². The fraction of sp³-hybridized carbons (Fsp3) is 0.0909. The van der Waals surface area contributed by atoms with Gasteiger partial charge in [0.25, 0.3) is 0 Å². The van der Waals surface area contributed by atoms with E-state index in [2.05, 4.69) is 15.3 Å². The fourth-order valence-corrected chi connectivity index (χ4v) is 1.88. The van der Waals surface area contributed by atoms with Crippen molar-refractivity contribution in [3.05, 3.63) is 45.3 Å². The van der Waals surface area contributed by atoms with Crippen molar-refractivity contribution in [3.63, 3.8) is 0 Å². The van der Waals surface area contributed by atoms with Crippen LogP contribution in [-0.4, -0.2) is 9.97 Å². The van der Waals surface area contributed by atoms with Crippen molar-refractivity contribution in [1.29, 1.82) is 0 Å². The molecule has 0 saturated heterocycles. The van der Waals surface area contributed by atoms with Crippen molar-refractivity contribution in [2.45, 2.75) is 6.18 Å². The van der Waals surface area contributed by atoms with Crippen LogP contribution in [0.4, 0.5) is 24.7 Å². The first-order valence-corrected chi connectivity index (χ1v) is 6.23. The van der Waals surface area contributed by atoms with E-state index in [0.717, 1.165) is 6.07 Å². The molecule has 0 amide bonds. The summed E-state index contributed by atoms with van der Waals surface area (Å²) < 4.78 is 37.8. The van der Waals surface area contributed by atoms with Crippen LogP contribution in [-0.2, 0) is 6.18 Å². The molecule has 2 aromatic rings. The summed E-state index contributed by atoms with van der Waals surface area (Å²) in [6.45, 7) is 0. The lowest BCUT2D eigenvalue weighted by Gasteiger charge is -2.11. The average Bonchev–Trinajstić information content (AvgIpc) is 2.32. The van der Waals surface area contributed by atoms with Gasteiger partial charge in [-0.25, -0.2) is 9.97 Å². The molecule has 106 valence electrons. The Morgan fingerprint density at radius 2 is 1.70 bits per heavy atom. The molecule has 0 fully saturated rings. The molecule has 1 heterocycles. The van der Waals surface area contributed by atoms with Crippen LogP contribution in [0.2, 0.25) is 15.3 Å². The highest BCUT2D eigenvalue weighted by atomic mass is 35.5. The van der Waals surface area contributed by atoms with E-state index in [1.165, 1.54) is 12.1 Å². The number of nitrogens with zero attached hydrogens (tertiary/aromatic N) is 2. The summed E-state index contributed by atoms with van der Waals surface area (Å²) in [5.41, 5.74) is -0.847. The van der Waals surface area contributed by atoms with Crippen molar-refractivity contribution in [2.75, 3.05) is 5.32 Å². The molecule has 2 rings (SSSR count). The van der Waals surface area contributed by atoms with E-state index >= 15 is 0 Å². The number of hydrogen-bond donors (Lipinski definition) is 1. The predicted molar refractivity (Wildman–Crippen MR) is 71.8 cm³/mol. The maximum Gasteiger partial charge on any atom is 0.433 e. The highest BCUT2D eigenvalue weighted by molar-refractivity contribution is 6.35. The van der Waals surface area contributed by atoms with Crippen LogP contribution in [0.3, 0.4) is 0 Å². The molecule has 0 saturated carbocycles. The zero-order valence-electron chi connectivity index (χ0n) is 9.47. The molecule has 1 aromatic carbocycles. The molecule has 0 atom stereocenters. The first kappa shape index (κ1) is 15.2. The van der Waals surface area contributed by atoms with Gasteiger partial charge in [0.2, 0.25) is 5.28 Å². The average molecular weight is 343 g/mol. The van der Waals surface area contributed by atoms with E-state index in [0.29, 0.717) is 10.7 Å². The minimum Gasteiger partial charge on any atom is -0.339 e. The molecule has 9 heteroatoms. The summed E-state index contributed by atoms with van der Waals surface area (Å²) >= 11 is 17.1. The highest BCUT2D eigenvalue weighted by Gasteiger charge is 2.33. The Balaban J connectivity index is 2.39. The van der Waals surface area contributed by atoms with Gasteiger partial charge in [-0.1, -0.05) is 23.2 Å². The van der Waals surface area contributed by atoms with E-state index in [-0.39, 0.29) is 10.8 Å². The SMILES string of the molecule is FC(F)(F)c1cc(Nc2cc(Cl)ccc2Cl)nc(Cl)n1. The first-order valence-electron chi connectivity index (χ1n) is 5.09. The topological polar surface area (TPSA) is 37.8 Å². The lowest BCUT2D eigenvalue weighted by atomic mass is 10.3. The van der Waals surface area contributed by atoms with Crippen LogP contribution in [0.25, 0.3) is 0 Å². The zero-order valence-corrected chi connectivity index (χ0v) is 11.7. The minimum absolute atomic E-state index is 0.138. The Kier molecular flexibility index (Phi) is 4.27. The van der Waals surface area contributed by atoms with Crippen LogP contribution in [0.5, 0.6) is 0 Å². The number of benzene rings is 1. The van der Waals surface area contributed by atoms with Gasteiger partial charge in [0, 0.05) is 11.1 Å². The molecule has 1 aromatic heterocycles. The first-order chi connectivity index (χ1) is 9.25. The van der Waals surface area contributed by atoms with Crippen molar-refractivity contribution in [3.8, 4) is 0 Å². The normalized spacial score (nSPS) is 11.5. The Bertz CT molecular complexity index is 647. The molecule has 0 aliphatic rings. The van der Waals surface area contributed by atoms with Crippen LogP contribution in [0.15, 0.2) is 24.3 Å². The molecule has 1 N–H and O–H groups in total. The van der Waals surface area contributed by atoms with E-state index in [1.807, 2.05) is 0 Å². The van der Waals surface area contributed by atoms with Gasteiger partial charge in [0.05, 0.1) is 10.7 Å². The number of hydrogen-bond acceptors (Lipinski definition) is 3. The van der Waals surface area contributed by atoms with Gasteiger partial charge in [-0.3, -0.25) is 0 Å². The van der Waals surface area contributed by atoms with Crippen LogP contribution >= 0.6 is 34.8 Å². The minimum atomic E-state index is -4.62. The number of nitrogens with one attached hydrogen (secondary N) is 1. The molecular weight excluding hydrogens is 337 g/mol. The largest absolute Gasteiger partial charge is 0.433 e. The molecule has 3 nitrogen and oxygen atoms in total. The summed E-state index contributed by atoms with van der Waals surface area (Å²) in [6.07, 6.45) is -4.62. The number of anilines is 2. The Morgan fingerprint density at radius 3 is 2.35 bits per heavy atom. The highest BCUT2D eigenvalue weighted by Crippen LogP contribution is 2.32. The molecule has 0 aliphatic carbocycles. The number of rotatable bonds is 2. The second-order valence-electron chi connectivity index (χ2n) is 3.65. The third-order valence-electron chi connectivity index (χ3n) is 2.18. The number of halogens is 6. The lowest BCUT2D eigenvalue weighted by Crippen LogP contribution is -2.10. The van der Waals surface area contributed by atoms with E-state index in [9.17, 15) is 13.2 Å². The Morgan fingerprint density at radius 1 is 1.00 bits per heavy atom. The smallest absolute Gasteiger partial charge is 0.339 e. The summed E-state index contributed by atoms with van der Waals surface area (Å²) in [4.78, 5) is 6.77. The zero-order chi connectivity index (χ0) is 14.9. The van der Waals surface area contributed by atoms with E-state index < -0.39 is 17.2 Å². The quantitative estimate of drug-likeness (QED) is 0.762. The second-order valence-corrected chi connectivity index (χ2v) is 4.84. The van der Waals surface area contributed by atoms with Gasteiger partial charge >= 0.3 is 6.18 Å². The Labute approximate surface area is 126 Å². The number of aromatic nitrogens is 2. The lowest BCUT2D eigenvalue weighted by molar-refractivity contribution is -0.141. The van der Waals surface area contributed by atoms with Gasteiger partial charge in [-0.15, -0.1) is 0 Å². The molecule has 0 aliphatic heterocycles. The standard InChI is InChI=1S/C11H5Cl3F3N3/c12-5-1-2-6(13)7(3-5)18-9-4-8(11(15,16)17)19-10(14)20-9/h1-4H,(H,18,19,20). The summed E-state index contributed by atoms with van der Waals surface area (Å²) in [5, 5.41) is 2.73. The molecule has 0 bridgehead atoms.